The molecule has 0 spiro atoms. The molecular weight excluding hydrogens is 418 g/mol. The molecule has 0 aromatic heterocycles. The number of ether oxygens (including phenoxy) is 1. The van der Waals surface area contributed by atoms with E-state index in [0.29, 0.717) is 37.5 Å². The van der Waals surface area contributed by atoms with Crippen molar-refractivity contribution >= 4 is 17.7 Å². The molecule has 0 unspecified atom stereocenters. The number of likely N-dealkylation sites (tertiary alicyclic amines) is 1. The molecule has 1 saturated carbocycles. The van der Waals surface area contributed by atoms with E-state index in [1.807, 2.05) is 29.2 Å². The summed E-state index contributed by atoms with van der Waals surface area (Å²) < 4.78 is 5.43. The Morgan fingerprint density at radius 3 is 1.88 bits per heavy atom. The lowest BCUT2D eigenvalue weighted by molar-refractivity contribution is 0.0551. The highest BCUT2D eigenvalue weighted by Gasteiger charge is 2.39. The first kappa shape index (κ1) is 21.8. The third-order valence-corrected chi connectivity index (χ3v) is 7.01. The van der Waals surface area contributed by atoms with Crippen molar-refractivity contribution in [1.82, 2.24) is 9.80 Å². The van der Waals surface area contributed by atoms with E-state index in [-0.39, 0.29) is 11.9 Å². The van der Waals surface area contributed by atoms with Crippen LogP contribution in [0.15, 0.2) is 48.5 Å². The molecule has 1 N–H and O–H groups in total. The smallest absolute Gasteiger partial charge is 0.407 e. The van der Waals surface area contributed by atoms with Gasteiger partial charge in [0.05, 0.1) is 13.2 Å². The molecule has 2 saturated heterocycles. The molecule has 5 rings (SSSR count). The van der Waals surface area contributed by atoms with Gasteiger partial charge in [0, 0.05) is 49.5 Å². The molecule has 7 nitrogen and oxygen atoms in total. The highest BCUT2D eigenvalue weighted by atomic mass is 16.5. The van der Waals surface area contributed by atoms with Crippen molar-refractivity contribution in [2.45, 2.75) is 37.8 Å². The molecular formula is C26H31N3O4. The van der Waals surface area contributed by atoms with Crippen LogP contribution in [-0.2, 0) is 4.74 Å². The monoisotopic (exact) mass is 449 g/mol. The van der Waals surface area contributed by atoms with Crippen molar-refractivity contribution in [3.05, 3.63) is 54.1 Å². The minimum atomic E-state index is -0.869. The first-order chi connectivity index (χ1) is 16.1. The quantitative estimate of drug-likeness (QED) is 0.749. The molecule has 2 heterocycles. The second kappa shape index (κ2) is 9.43. The van der Waals surface area contributed by atoms with E-state index >= 15 is 0 Å². The minimum Gasteiger partial charge on any atom is -0.465 e. The predicted molar refractivity (Wildman–Crippen MR) is 127 cm³/mol. The second-order valence-corrected chi connectivity index (χ2v) is 9.17. The first-order valence-corrected chi connectivity index (χ1v) is 11.9. The highest BCUT2D eigenvalue weighted by molar-refractivity contribution is 5.95. The zero-order chi connectivity index (χ0) is 22.8. The first-order valence-electron chi connectivity index (χ1n) is 11.9. The van der Waals surface area contributed by atoms with Crippen LogP contribution < -0.4 is 4.90 Å². The normalized spacial score (nSPS) is 19.4. The number of carboxylic acid groups (broad SMARTS) is 1. The number of anilines is 1. The number of morpholine rings is 1. The Balaban J connectivity index is 1.26. The van der Waals surface area contributed by atoms with E-state index in [4.69, 9.17) is 4.74 Å². The maximum atomic E-state index is 13.4. The maximum Gasteiger partial charge on any atom is 0.407 e. The number of carbonyl (C=O) groups excluding carboxylic acids is 1. The Kier molecular flexibility index (Phi) is 6.22. The van der Waals surface area contributed by atoms with Crippen molar-refractivity contribution in [3.8, 4) is 11.1 Å². The average molecular weight is 450 g/mol. The van der Waals surface area contributed by atoms with Gasteiger partial charge in [-0.25, -0.2) is 4.79 Å². The van der Waals surface area contributed by atoms with E-state index in [1.165, 1.54) is 10.6 Å². The largest absolute Gasteiger partial charge is 0.465 e. The van der Waals surface area contributed by atoms with Crippen molar-refractivity contribution in [2.75, 3.05) is 44.3 Å². The lowest BCUT2D eigenvalue weighted by Gasteiger charge is -2.38. The zero-order valence-corrected chi connectivity index (χ0v) is 18.9. The number of carbonyl (C=O) groups is 2. The van der Waals surface area contributed by atoms with Gasteiger partial charge >= 0.3 is 6.09 Å². The van der Waals surface area contributed by atoms with Crippen molar-refractivity contribution in [2.24, 2.45) is 0 Å². The van der Waals surface area contributed by atoms with Crippen LogP contribution in [0.1, 0.15) is 36.0 Å². The molecule has 0 bridgehead atoms. The zero-order valence-electron chi connectivity index (χ0n) is 18.9. The van der Waals surface area contributed by atoms with Gasteiger partial charge in [-0.3, -0.25) is 4.79 Å². The van der Waals surface area contributed by atoms with E-state index in [2.05, 4.69) is 29.2 Å². The Morgan fingerprint density at radius 2 is 1.33 bits per heavy atom. The molecule has 7 heteroatoms. The molecule has 3 aliphatic rings. The third-order valence-electron chi connectivity index (χ3n) is 7.01. The van der Waals surface area contributed by atoms with E-state index < -0.39 is 6.09 Å². The second-order valence-electron chi connectivity index (χ2n) is 9.17. The van der Waals surface area contributed by atoms with Gasteiger partial charge < -0.3 is 24.5 Å². The summed E-state index contributed by atoms with van der Waals surface area (Å²) in [5.41, 5.74) is 4.14. The number of piperidine rings is 1. The van der Waals surface area contributed by atoms with Crippen molar-refractivity contribution in [3.63, 3.8) is 0 Å². The van der Waals surface area contributed by atoms with Crippen LogP contribution in [0.4, 0.5) is 10.5 Å². The summed E-state index contributed by atoms with van der Waals surface area (Å²) in [6.07, 6.45) is 2.63. The molecule has 1 aliphatic carbocycles. The fourth-order valence-electron chi connectivity index (χ4n) is 4.96. The van der Waals surface area contributed by atoms with Gasteiger partial charge in [0.1, 0.15) is 0 Å². The van der Waals surface area contributed by atoms with E-state index in [1.54, 1.807) is 0 Å². The van der Waals surface area contributed by atoms with Crippen LogP contribution >= 0.6 is 0 Å². The Bertz CT molecular complexity index is 974. The summed E-state index contributed by atoms with van der Waals surface area (Å²) >= 11 is 0. The fourth-order valence-corrected chi connectivity index (χ4v) is 4.96. The minimum absolute atomic E-state index is 0.0699. The molecule has 33 heavy (non-hydrogen) atoms. The molecule has 3 fully saturated rings. The summed E-state index contributed by atoms with van der Waals surface area (Å²) in [6.45, 7) is 4.37. The molecule has 2 aliphatic heterocycles. The van der Waals surface area contributed by atoms with E-state index in [0.717, 1.165) is 50.3 Å². The van der Waals surface area contributed by atoms with Crippen LogP contribution in [-0.4, -0.2) is 78.4 Å². The standard InChI is InChI=1S/C26H31N3O4/c30-25(29(23-9-10-23)24-11-13-28(14-12-24)26(31)32)21-3-1-19(2-4-21)20-5-7-22(8-6-20)27-15-17-33-18-16-27/h1-8,23-24H,9-18H2,(H,31,32). The van der Waals surface area contributed by atoms with Crippen molar-refractivity contribution in [1.29, 1.82) is 0 Å². The van der Waals surface area contributed by atoms with Crippen molar-refractivity contribution < 1.29 is 19.4 Å². The molecule has 2 amide bonds. The summed E-state index contributed by atoms with van der Waals surface area (Å²) in [7, 11) is 0. The van der Waals surface area contributed by atoms with Gasteiger partial charge in [0.25, 0.3) is 5.91 Å². The number of benzene rings is 2. The Hall–Kier alpha value is -3.06. The van der Waals surface area contributed by atoms with Crippen LogP contribution in [0, 0.1) is 0 Å². The van der Waals surface area contributed by atoms with Gasteiger partial charge in [0.2, 0.25) is 0 Å². The van der Waals surface area contributed by atoms with Crippen LogP contribution in [0.2, 0.25) is 0 Å². The van der Waals surface area contributed by atoms with Gasteiger partial charge in [-0.2, -0.15) is 0 Å². The summed E-state index contributed by atoms with van der Waals surface area (Å²) in [4.78, 5) is 30.4. The number of hydrogen-bond acceptors (Lipinski definition) is 4. The lowest BCUT2D eigenvalue weighted by Crippen LogP contribution is -2.49. The number of nitrogens with zero attached hydrogens (tertiary/aromatic N) is 3. The Labute approximate surface area is 194 Å². The number of rotatable bonds is 5. The fraction of sp³-hybridized carbons (Fsp3) is 0.462. The highest BCUT2D eigenvalue weighted by Crippen LogP contribution is 2.34. The average Bonchev–Trinajstić information content (AvgIpc) is 3.70. The Morgan fingerprint density at radius 1 is 0.788 bits per heavy atom. The van der Waals surface area contributed by atoms with Gasteiger partial charge in [0.15, 0.2) is 0 Å². The molecule has 0 atom stereocenters. The molecule has 2 aromatic rings. The number of hydrogen-bond donors (Lipinski definition) is 1. The maximum absolute atomic E-state index is 13.4. The summed E-state index contributed by atoms with van der Waals surface area (Å²) in [5, 5.41) is 9.21. The topological polar surface area (TPSA) is 73.3 Å². The predicted octanol–water partition coefficient (Wildman–Crippen LogP) is 3.94. The van der Waals surface area contributed by atoms with Gasteiger partial charge in [-0.1, -0.05) is 24.3 Å². The molecule has 174 valence electrons. The molecule has 2 aromatic carbocycles. The van der Waals surface area contributed by atoms with E-state index in [9.17, 15) is 14.7 Å². The van der Waals surface area contributed by atoms with Crippen LogP contribution in [0.5, 0.6) is 0 Å². The summed E-state index contributed by atoms with van der Waals surface area (Å²) in [6, 6.07) is 16.9. The van der Waals surface area contributed by atoms with Gasteiger partial charge in [-0.05, 0) is 61.1 Å². The van der Waals surface area contributed by atoms with Gasteiger partial charge in [-0.15, -0.1) is 0 Å². The number of amides is 2. The summed E-state index contributed by atoms with van der Waals surface area (Å²) in [5.74, 6) is 0.0699. The van der Waals surface area contributed by atoms with Crippen LogP contribution in [0.25, 0.3) is 11.1 Å². The third kappa shape index (κ3) is 4.83. The van der Waals surface area contributed by atoms with Crippen LogP contribution in [0.3, 0.4) is 0 Å². The SMILES string of the molecule is O=C(O)N1CCC(N(C(=O)c2ccc(-c3ccc(N4CCOCC4)cc3)cc2)C2CC2)CC1. The lowest BCUT2D eigenvalue weighted by atomic mass is 10.00. The molecule has 0 radical (unpaired) electrons.